The topological polar surface area (TPSA) is 137 Å². The van der Waals surface area contributed by atoms with Crippen molar-refractivity contribution in [1.29, 1.82) is 5.26 Å². The Morgan fingerprint density at radius 3 is 2.11 bits per heavy atom. The number of anilines is 2. The molecule has 6 heterocycles. The number of fused-ring (bicyclic) bond motifs is 2. The van der Waals surface area contributed by atoms with Crippen molar-refractivity contribution in [2.45, 2.75) is 70.0 Å². The molecule has 2 atom stereocenters. The van der Waals surface area contributed by atoms with Crippen LogP contribution in [-0.2, 0) is 22.4 Å². The molecule has 4 saturated heterocycles. The second-order valence-corrected chi connectivity index (χ2v) is 16.9. The van der Waals surface area contributed by atoms with Crippen LogP contribution in [0.15, 0.2) is 54.6 Å². The molecule has 5 amide bonds. The van der Waals surface area contributed by atoms with Gasteiger partial charge in [0.05, 0.1) is 21.7 Å². The molecule has 1 spiro atoms. The number of nitrogens with one attached hydrogen (secondary N) is 1. The molecule has 12 nitrogen and oxygen atoms in total. The lowest BCUT2D eigenvalue weighted by Crippen LogP contribution is -2.61. The lowest BCUT2D eigenvalue weighted by Gasteiger charge is -2.45. The van der Waals surface area contributed by atoms with E-state index in [0.717, 1.165) is 92.2 Å². The lowest BCUT2D eigenvalue weighted by atomic mass is 9.76. The number of piperidine rings is 2. The van der Waals surface area contributed by atoms with Crippen molar-refractivity contribution in [2.75, 3.05) is 55.6 Å². The molecule has 6 aliphatic rings. The molecule has 288 valence electrons. The third-order valence-corrected chi connectivity index (χ3v) is 13.5. The zero-order chi connectivity index (χ0) is 38.9. The summed E-state index contributed by atoms with van der Waals surface area (Å²) in [6.07, 6.45) is 4.98. The number of halogens is 1. The minimum atomic E-state index is -0.974. The van der Waals surface area contributed by atoms with Gasteiger partial charge in [0, 0.05) is 81.3 Å². The highest BCUT2D eigenvalue weighted by molar-refractivity contribution is 6.32. The summed E-state index contributed by atoms with van der Waals surface area (Å²) < 4.78 is 0. The average molecular weight is 774 g/mol. The summed E-state index contributed by atoms with van der Waals surface area (Å²) in [5, 5.41) is 12.0. The Morgan fingerprint density at radius 1 is 0.857 bits per heavy atom. The van der Waals surface area contributed by atoms with Crippen LogP contribution in [0.4, 0.5) is 11.4 Å². The Hall–Kier alpha value is -5.25. The van der Waals surface area contributed by atoms with E-state index in [0.29, 0.717) is 46.4 Å². The third-order valence-electron chi connectivity index (χ3n) is 13.2. The highest BCUT2D eigenvalue weighted by Crippen LogP contribution is 2.46. The Bertz CT molecular complexity index is 2160. The first-order valence-corrected chi connectivity index (χ1v) is 20.1. The van der Waals surface area contributed by atoms with Crippen molar-refractivity contribution in [3.05, 3.63) is 93.0 Å². The summed E-state index contributed by atoms with van der Waals surface area (Å²) in [5.41, 5.74) is 6.37. The Morgan fingerprint density at radius 2 is 1.50 bits per heavy atom. The van der Waals surface area contributed by atoms with Crippen molar-refractivity contribution in [1.82, 2.24) is 20.0 Å². The van der Waals surface area contributed by atoms with Crippen LogP contribution in [0.2, 0.25) is 5.02 Å². The minimum absolute atomic E-state index is 0.0421. The van der Waals surface area contributed by atoms with E-state index < -0.39 is 29.7 Å². The third kappa shape index (κ3) is 6.31. The van der Waals surface area contributed by atoms with E-state index in [1.807, 2.05) is 47.4 Å². The van der Waals surface area contributed by atoms with Gasteiger partial charge in [-0.1, -0.05) is 11.6 Å². The summed E-state index contributed by atoms with van der Waals surface area (Å²) in [7, 11) is 0. The molecule has 0 saturated carbocycles. The van der Waals surface area contributed by atoms with Crippen LogP contribution in [0.5, 0.6) is 0 Å². The van der Waals surface area contributed by atoms with Crippen molar-refractivity contribution in [2.24, 2.45) is 5.41 Å². The smallest absolute Gasteiger partial charge is 0.262 e. The van der Waals surface area contributed by atoms with Crippen LogP contribution in [-0.4, -0.2) is 108 Å². The van der Waals surface area contributed by atoms with Crippen LogP contribution < -0.4 is 15.1 Å². The first-order chi connectivity index (χ1) is 27.0. The first-order valence-electron chi connectivity index (χ1n) is 19.7. The maximum atomic E-state index is 13.5. The van der Waals surface area contributed by atoms with Gasteiger partial charge in [0.15, 0.2) is 0 Å². The summed E-state index contributed by atoms with van der Waals surface area (Å²) in [4.78, 5) is 74.5. The molecule has 9 rings (SSSR count). The fourth-order valence-electron chi connectivity index (χ4n) is 9.97. The molecule has 56 heavy (non-hydrogen) atoms. The van der Waals surface area contributed by atoms with E-state index in [9.17, 15) is 29.2 Å². The summed E-state index contributed by atoms with van der Waals surface area (Å²) in [6, 6.07) is 19.3. The monoisotopic (exact) mass is 773 g/mol. The van der Waals surface area contributed by atoms with Crippen LogP contribution in [0, 0.1) is 16.7 Å². The standard InChI is InChI=1S/C43H44ClN7O5/c1-26-21-43(25-50(26)32-7-4-30(22-45)36(44)20-32)12-16-48(17-13-43)31-5-2-27(3-6-31)40(54)49-23-33(24-49)47-14-10-28-18-34-35(19-29(28)11-15-47)42(56)51(41(34)55)37-8-9-38(52)46-39(37)53/h2-7,18-20,26,33,37H,8-17,21,23-25H2,1H3,(H,46,52,53)/t26-,37?/m0/s1. The van der Waals surface area contributed by atoms with Gasteiger partial charge in [0.1, 0.15) is 12.1 Å². The predicted octanol–water partition coefficient (Wildman–Crippen LogP) is 4.42. The number of amides is 5. The van der Waals surface area contributed by atoms with Gasteiger partial charge in [-0.3, -0.25) is 39.1 Å². The second-order valence-electron chi connectivity index (χ2n) is 16.5. The van der Waals surface area contributed by atoms with Crippen molar-refractivity contribution in [3.63, 3.8) is 0 Å². The number of nitrogens with zero attached hydrogens (tertiary/aromatic N) is 6. The average Bonchev–Trinajstić information content (AvgIpc) is 3.51. The molecule has 6 aliphatic heterocycles. The zero-order valence-electron chi connectivity index (χ0n) is 31.4. The fraction of sp³-hybridized carbons (Fsp3) is 0.442. The van der Waals surface area contributed by atoms with Crippen LogP contribution >= 0.6 is 11.6 Å². The van der Waals surface area contributed by atoms with E-state index in [1.54, 1.807) is 0 Å². The molecule has 3 aromatic rings. The molecule has 13 heteroatoms. The number of likely N-dealkylation sites (tertiary alicyclic amines) is 1. The number of nitriles is 1. The van der Waals surface area contributed by atoms with E-state index >= 15 is 0 Å². The van der Waals surface area contributed by atoms with Crippen LogP contribution in [0.3, 0.4) is 0 Å². The molecule has 4 fully saturated rings. The first kappa shape index (κ1) is 36.4. The van der Waals surface area contributed by atoms with Crippen LogP contribution in [0.25, 0.3) is 0 Å². The summed E-state index contributed by atoms with van der Waals surface area (Å²) >= 11 is 6.37. The number of carbonyl (C=O) groups is 5. The quantitative estimate of drug-likeness (QED) is 0.374. The number of imide groups is 2. The molecule has 0 radical (unpaired) electrons. The van der Waals surface area contributed by atoms with Gasteiger partial charge >= 0.3 is 0 Å². The van der Waals surface area contributed by atoms with Gasteiger partial charge in [0.2, 0.25) is 11.8 Å². The van der Waals surface area contributed by atoms with Gasteiger partial charge in [-0.15, -0.1) is 0 Å². The largest absolute Gasteiger partial charge is 0.371 e. The SMILES string of the molecule is C[C@H]1CC2(CCN(c3ccc(C(=O)N4CC(N5CCc6cc7c(cc6CC5)C(=O)N(C5CCC(=O)NC5=O)C7=O)C4)cc3)CC2)CN1c1ccc(C#N)c(Cl)c1. The Labute approximate surface area is 330 Å². The van der Waals surface area contributed by atoms with E-state index in [2.05, 4.69) is 45.1 Å². The normalized spacial score (nSPS) is 23.8. The zero-order valence-corrected chi connectivity index (χ0v) is 32.2. The predicted molar refractivity (Wildman–Crippen MR) is 210 cm³/mol. The second kappa shape index (κ2) is 14.0. The Balaban J connectivity index is 0.765. The molecule has 1 unspecified atom stereocenters. The number of hydrogen-bond acceptors (Lipinski definition) is 9. The van der Waals surface area contributed by atoms with Crippen molar-refractivity contribution >= 4 is 52.5 Å². The highest BCUT2D eigenvalue weighted by Gasteiger charge is 2.46. The molecule has 3 aromatic carbocycles. The Kier molecular flexibility index (Phi) is 9.13. The molecule has 1 N–H and O–H groups in total. The van der Waals surface area contributed by atoms with E-state index in [4.69, 9.17) is 11.6 Å². The number of carbonyl (C=O) groups excluding carboxylic acids is 5. The van der Waals surface area contributed by atoms with Gasteiger partial charge in [-0.25, -0.2) is 0 Å². The molecular formula is C43H44ClN7O5. The lowest BCUT2D eigenvalue weighted by molar-refractivity contribution is -0.136. The molecule has 0 aliphatic carbocycles. The highest BCUT2D eigenvalue weighted by atomic mass is 35.5. The number of hydrogen-bond donors (Lipinski definition) is 1. The molecular weight excluding hydrogens is 730 g/mol. The van der Waals surface area contributed by atoms with Gasteiger partial charge < -0.3 is 14.7 Å². The maximum absolute atomic E-state index is 13.5. The number of rotatable bonds is 5. The van der Waals surface area contributed by atoms with Gasteiger partial charge in [0.25, 0.3) is 17.7 Å². The van der Waals surface area contributed by atoms with Crippen LogP contribution in [0.1, 0.15) is 86.8 Å². The van der Waals surface area contributed by atoms with Crippen molar-refractivity contribution < 1.29 is 24.0 Å². The summed E-state index contributed by atoms with van der Waals surface area (Å²) in [6.45, 7) is 8.06. The van der Waals surface area contributed by atoms with Gasteiger partial charge in [-0.2, -0.15) is 5.26 Å². The fourth-order valence-corrected chi connectivity index (χ4v) is 10.2. The van der Waals surface area contributed by atoms with E-state index in [-0.39, 0.29) is 30.2 Å². The summed E-state index contributed by atoms with van der Waals surface area (Å²) in [5.74, 6) is -1.92. The van der Waals surface area contributed by atoms with Gasteiger partial charge in [-0.05, 0) is 117 Å². The van der Waals surface area contributed by atoms with E-state index in [1.165, 1.54) is 0 Å². The van der Waals surface area contributed by atoms with Crippen molar-refractivity contribution in [3.8, 4) is 6.07 Å². The minimum Gasteiger partial charge on any atom is -0.371 e. The number of benzene rings is 3. The molecule has 0 bridgehead atoms. The molecule has 0 aromatic heterocycles. The maximum Gasteiger partial charge on any atom is 0.262 e.